The third kappa shape index (κ3) is 3.56. The van der Waals surface area contributed by atoms with Gasteiger partial charge in [0.15, 0.2) is 0 Å². The van der Waals surface area contributed by atoms with Crippen molar-refractivity contribution in [1.82, 2.24) is 9.78 Å². The highest BCUT2D eigenvalue weighted by molar-refractivity contribution is 5.93. The van der Waals surface area contributed by atoms with Crippen LogP contribution >= 0.6 is 0 Å². The van der Waals surface area contributed by atoms with Crippen LogP contribution in [0.1, 0.15) is 34.3 Å². The van der Waals surface area contributed by atoms with E-state index in [1.807, 2.05) is 37.0 Å². The molecule has 138 valence electrons. The van der Waals surface area contributed by atoms with Crippen LogP contribution in [0.25, 0.3) is 0 Å². The summed E-state index contributed by atoms with van der Waals surface area (Å²) < 4.78 is 2.29. The number of quaternary nitrogens is 1. The Morgan fingerprint density at radius 3 is 2.41 bits per heavy atom. The second-order valence-corrected chi connectivity index (χ2v) is 7.48. The maximum atomic E-state index is 6.19. The Morgan fingerprint density at radius 2 is 1.70 bits per heavy atom. The van der Waals surface area contributed by atoms with Crippen molar-refractivity contribution in [2.45, 2.75) is 26.6 Å². The van der Waals surface area contributed by atoms with Gasteiger partial charge in [-0.3, -0.25) is 4.68 Å². The van der Waals surface area contributed by atoms with Gasteiger partial charge >= 0.3 is 0 Å². The molecule has 1 atom stereocenters. The van der Waals surface area contributed by atoms with E-state index in [1.54, 1.807) is 0 Å². The highest BCUT2D eigenvalue weighted by Crippen LogP contribution is 2.31. The smallest absolute Gasteiger partial charge is 0.265 e. The first-order valence-electron chi connectivity index (χ1n) is 9.18. The van der Waals surface area contributed by atoms with Crippen molar-refractivity contribution in [2.75, 3.05) is 14.1 Å². The molecule has 4 rings (SSSR count). The van der Waals surface area contributed by atoms with Gasteiger partial charge in [-0.15, -0.1) is 4.65 Å². The molecule has 5 heteroatoms. The second kappa shape index (κ2) is 6.76. The zero-order valence-corrected chi connectivity index (χ0v) is 16.3. The van der Waals surface area contributed by atoms with E-state index in [2.05, 4.69) is 56.3 Å². The zero-order chi connectivity index (χ0) is 19.0. The van der Waals surface area contributed by atoms with E-state index >= 15 is 0 Å². The van der Waals surface area contributed by atoms with E-state index in [4.69, 9.17) is 14.9 Å². The molecule has 3 aromatic rings. The Kier molecular flexibility index (Phi) is 4.42. The molecule has 2 aromatic carbocycles. The summed E-state index contributed by atoms with van der Waals surface area (Å²) in [6.07, 6.45) is -0.395. The lowest BCUT2D eigenvalue weighted by molar-refractivity contribution is -1.00. The molecule has 1 aliphatic rings. The standard InChI is InChI=1S/C22H25N4O/c1-16-10-12-18(13-11-16)15-25-17(2)14-20(24-25)22-23-21(26(3,4)27-22)19-8-6-5-7-9-19/h5-14,22H,15H2,1-4H3/q+1. The molecular formula is C22H25N4O+. The van der Waals surface area contributed by atoms with Gasteiger partial charge in [-0.05, 0) is 37.6 Å². The molecule has 5 nitrogen and oxygen atoms in total. The predicted molar refractivity (Wildman–Crippen MR) is 106 cm³/mol. The number of hydrogen-bond acceptors (Lipinski definition) is 3. The van der Waals surface area contributed by atoms with E-state index in [9.17, 15) is 0 Å². The lowest BCUT2D eigenvalue weighted by Gasteiger charge is -2.21. The minimum atomic E-state index is -0.395. The molecule has 1 unspecified atom stereocenters. The molecule has 27 heavy (non-hydrogen) atoms. The third-order valence-corrected chi connectivity index (χ3v) is 4.85. The maximum Gasteiger partial charge on any atom is 0.266 e. The largest absolute Gasteiger partial charge is 0.266 e. The van der Waals surface area contributed by atoms with Crippen molar-refractivity contribution in [2.24, 2.45) is 4.99 Å². The summed E-state index contributed by atoms with van der Waals surface area (Å²) in [5.74, 6) is 0.909. The summed E-state index contributed by atoms with van der Waals surface area (Å²) in [4.78, 5) is 11.0. The number of hydroxylamine groups is 3. The molecule has 0 radical (unpaired) electrons. The SMILES string of the molecule is Cc1ccc(Cn2nc(C3N=C(c4ccccc4)[N+](C)(C)O3)cc2C)cc1. The van der Waals surface area contributed by atoms with Gasteiger partial charge in [0.2, 0.25) is 0 Å². The van der Waals surface area contributed by atoms with Crippen molar-refractivity contribution in [3.05, 3.63) is 88.7 Å². The highest BCUT2D eigenvalue weighted by Gasteiger charge is 2.41. The average molecular weight is 361 g/mol. The minimum Gasteiger partial charge on any atom is -0.265 e. The topological polar surface area (TPSA) is 39.4 Å². The number of hydrogen-bond donors (Lipinski definition) is 0. The van der Waals surface area contributed by atoms with Crippen LogP contribution in [0.5, 0.6) is 0 Å². The molecule has 1 aliphatic heterocycles. The molecule has 1 aromatic heterocycles. The van der Waals surface area contributed by atoms with E-state index in [0.29, 0.717) is 0 Å². The van der Waals surface area contributed by atoms with Crippen LogP contribution < -0.4 is 0 Å². The number of nitrogens with zero attached hydrogens (tertiary/aromatic N) is 4. The van der Waals surface area contributed by atoms with E-state index < -0.39 is 6.23 Å². The molecule has 0 spiro atoms. The molecule has 0 bridgehead atoms. The lowest BCUT2D eigenvalue weighted by Crippen LogP contribution is -2.41. The van der Waals surface area contributed by atoms with Gasteiger partial charge in [0.1, 0.15) is 19.8 Å². The molecule has 2 heterocycles. The fourth-order valence-corrected chi connectivity index (χ4v) is 3.35. The summed E-state index contributed by atoms with van der Waals surface area (Å²) in [7, 11) is 4.00. The van der Waals surface area contributed by atoms with Crippen LogP contribution in [0.2, 0.25) is 0 Å². The monoisotopic (exact) mass is 361 g/mol. The Balaban J connectivity index is 1.61. The molecule has 0 saturated heterocycles. The number of aliphatic imine (C=N–C) groups is 1. The molecule has 0 saturated carbocycles. The van der Waals surface area contributed by atoms with Crippen LogP contribution in [0.15, 0.2) is 65.7 Å². The zero-order valence-electron chi connectivity index (χ0n) is 16.3. The average Bonchev–Trinajstić information content (AvgIpc) is 3.17. The normalized spacial score (nSPS) is 18.5. The summed E-state index contributed by atoms with van der Waals surface area (Å²) >= 11 is 0. The van der Waals surface area contributed by atoms with Crippen LogP contribution in [0, 0.1) is 13.8 Å². The van der Waals surface area contributed by atoms with Crippen molar-refractivity contribution in [1.29, 1.82) is 0 Å². The Labute approximate surface area is 160 Å². The van der Waals surface area contributed by atoms with Gasteiger partial charge in [-0.1, -0.05) is 48.0 Å². The Morgan fingerprint density at radius 1 is 1.00 bits per heavy atom. The summed E-state index contributed by atoms with van der Waals surface area (Å²) in [5, 5.41) is 4.78. The van der Waals surface area contributed by atoms with E-state index in [-0.39, 0.29) is 4.65 Å². The Bertz CT molecular complexity index is 971. The van der Waals surface area contributed by atoms with Crippen molar-refractivity contribution >= 4 is 5.84 Å². The number of aromatic nitrogens is 2. The summed E-state index contributed by atoms with van der Waals surface area (Å²) in [6.45, 7) is 4.91. The van der Waals surface area contributed by atoms with Crippen LogP contribution in [-0.2, 0) is 11.4 Å². The molecule has 0 fully saturated rings. The first-order valence-corrected chi connectivity index (χ1v) is 9.18. The Hall–Kier alpha value is -2.76. The molecule has 0 amide bonds. The fraction of sp³-hybridized carbons (Fsp3) is 0.273. The summed E-state index contributed by atoms with van der Waals surface area (Å²) in [5.41, 5.74) is 5.51. The van der Waals surface area contributed by atoms with E-state index in [0.717, 1.165) is 29.3 Å². The van der Waals surface area contributed by atoms with Gasteiger partial charge in [0, 0.05) is 5.69 Å². The summed E-state index contributed by atoms with van der Waals surface area (Å²) in [6, 6.07) is 20.8. The van der Waals surface area contributed by atoms with E-state index in [1.165, 1.54) is 11.1 Å². The van der Waals surface area contributed by atoms with Gasteiger partial charge in [-0.25, -0.2) is 0 Å². The van der Waals surface area contributed by atoms with Gasteiger partial charge < -0.3 is 0 Å². The second-order valence-electron chi connectivity index (χ2n) is 7.48. The number of amidine groups is 1. The van der Waals surface area contributed by atoms with Gasteiger partial charge in [0.05, 0.1) is 12.1 Å². The number of aryl methyl sites for hydroxylation is 2. The number of benzene rings is 2. The van der Waals surface area contributed by atoms with Crippen LogP contribution in [-0.4, -0.2) is 34.4 Å². The first-order chi connectivity index (χ1) is 12.9. The van der Waals surface area contributed by atoms with Crippen LogP contribution in [0.3, 0.4) is 0 Å². The van der Waals surface area contributed by atoms with Crippen molar-refractivity contribution in [3.8, 4) is 0 Å². The lowest BCUT2D eigenvalue weighted by atomic mass is 10.1. The first kappa shape index (κ1) is 17.6. The highest BCUT2D eigenvalue weighted by atomic mass is 16.7. The third-order valence-electron chi connectivity index (χ3n) is 4.85. The quantitative estimate of drug-likeness (QED) is 0.659. The van der Waals surface area contributed by atoms with Crippen molar-refractivity contribution < 1.29 is 9.48 Å². The van der Waals surface area contributed by atoms with Gasteiger partial charge in [0.25, 0.3) is 12.1 Å². The fourth-order valence-electron chi connectivity index (χ4n) is 3.35. The molecular weight excluding hydrogens is 336 g/mol. The minimum absolute atomic E-state index is 0.276. The van der Waals surface area contributed by atoms with Gasteiger partial charge in [-0.2, -0.15) is 14.9 Å². The number of rotatable bonds is 4. The van der Waals surface area contributed by atoms with Crippen LogP contribution in [0.4, 0.5) is 0 Å². The predicted octanol–water partition coefficient (Wildman–Crippen LogP) is 4.02. The van der Waals surface area contributed by atoms with Crippen molar-refractivity contribution in [3.63, 3.8) is 0 Å². The maximum absolute atomic E-state index is 6.19. The molecule has 0 aliphatic carbocycles. The molecule has 0 N–H and O–H groups in total.